The minimum Gasteiger partial charge on any atom is -0.483 e. The second-order valence-electron chi connectivity index (χ2n) is 5.95. The van der Waals surface area contributed by atoms with E-state index >= 15 is 0 Å². The second kappa shape index (κ2) is 8.10. The van der Waals surface area contributed by atoms with E-state index in [4.69, 9.17) is 21.1 Å². The maximum Gasteiger partial charge on any atom is 0.337 e. The number of rotatable bonds is 5. The molecule has 27 heavy (non-hydrogen) atoms. The zero-order chi connectivity index (χ0) is 19.4. The van der Waals surface area contributed by atoms with Gasteiger partial charge in [-0.3, -0.25) is 4.79 Å². The minimum atomic E-state index is -0.464. The lowest BCUT2D eigenvalue weighted by Gasteiger charge is -2.12. The number of esters is 1. The standard InChI is InChI=1S/C21H18ClNO4/c1-13-7-8-14(21(25)26-2)11-18(13)23-20(24)12-27-19-10-9-17(22)15-5-3-4-6-16(15)19/h3-11H,12H2,1-2H3,(H,23,24). The van der Waals surface area contributed by atoms with Gasteiger partial charge in [-0.25, -0.2) is 4.79 Å². The zero-order valence-corrected chi connectivity index (χ0v) is 15.7. The van der Waals surface area contributed by atoms with E-state index in [2.05, 4.69) is 5.32 Å². The highest BCUT2D eigenvalue weighted by atomic mass is 35.5. The van der Waals surface area contributed by atoms with Gasteiger partial charge in [0.25, 0.3) is 5.91 Å². The number of fused-ring (bicyclic) bond motifs is 1. The number of carbonyl (C=O) groups is 2. The Bertz CT molecular complexity index is 1020. The number of nitrogens with one attached hydrogen (secondary N) is 1. The number of aryl methyl sites for hydroxylation is 1. The van der Waals surface area contributed by atoms with Gasteiger partial charge in [0, 0.05) is 21.5 Å². The Morgan fingerprint density at radius 2 is 1.78 bits per heavy atom. The van der Waals surface area contributed by atoms with Crippen LogP contribution in [0.2, 0.25) is 5.02 Å². The Morgan fingerprint density at radius 3 is 2.52 bits per heavy atom. The molecule has 1 amide bonds. The molecule has 6 heteroatoms. The van der Waals surface area contributed by atoms with E-state index in [9.17, 15) is 9.59 Å². The third-order valence-electron chi connectivity index (χ3n) is 4.12. The highest BCUT2D eigenvalue weighted by Crippen LogP contribution is 2.31. The Morgan fingerprint density at radius 1 is 1.04 bits per heavy atom. The Hall–Kier alpha value is -3.05. The Labute approximate surface area is 161 Å². The van der Waals surface area contributed by atoms with Crippen molar-refractivity contribution >= 4 is 39.9 Å². The molecule has 138 valence electrons. The molecule has 3 aromatic carbocycles. The summed E-state index contributed by atoms with van der Waals surface area (Å²) in [5, 5.41) is 5.08. The number of ether oxygens (including phenoxy) is 2. The van der Waals surface area contributed by atoms with Crippen molar-refractivity contribution in [3.05, 3.63) is 70.7 Å². The highest BCUT2D eigenvalue weighted by molar-refractivity contribution is 6.35. The fourth-order valence-electron chi connectivity index (χ4n) is 2.69. The SMILES string of the molecule is COC(=O)c1ccc(C)c(NC(=O)COc2ccc(Cl)c3ccccc23)c1. The molecule has 0 unspecified atom stereocenters. The van der Waals surface area contributed by atoms with Crippen LogP contribution < -0.4 is 10.1 Å². The smallest absolute Gasteiger partial charge is 0.337 e. The molecule has 5 nitrogen and oxygen atoms in total. The molecule has 0 saturated carbocycles. The van der Waals surface area contributed by atoms with Crippen molar-refractivity contribution in [3.63, 3.8) is 0 Å². The molecule has 0 fully saturated rings. The molecule has 3 rings (SSSR count). The minimum absolute atomic E-state index is 0.173. The fraction of sp³-hybridized carbons (Fsp3) is 0.143. The van der Waals surface area contributed by atoms with Crippen molar-refractivity contribution in [2.45, 2.75) is 6.92 Å². The van der Waals surface area contributed by atoms with Crippen LogP contribution in [0.25, 0.3) is 10.8 Å². The molecule has 0 aliphatic rings. The molecule has 0 heterocycles. The van der Waals surface area contributed by atoms with Gasteiger partial charge in [0.15, 0.2) is 6.61 Å². The third-order valence-corrected chi connectivity index (χ3v) is 4.45. The van der Waals surface area contributed by atoms with E-state index in [1.165, 1.54) is 7.11 Å². The first-order valence-electron chi connectivity index (χ1n) is 8.28. The number of hydrogen-bond donors (Lipinski definition) is 1. The van der Waals surface area contributed by atoms with E-state index in [1.54, 1.807) is 30.3 Å². The van der Waals surface area contributed by atoms with Crippen LogP contribution in [0.5, 0.6) is 5.75 Å². The summed E-state index contributed by atoms with van der Waals surface area (Å²) in [4.78, 5) is 24.0. The number of anilines is 1. The molecule has 0 aliphatic heterocycles. The normalized spacial score (nSPS) is 10.5. The van der Waals surface area contributed by atoms with Gasteiger partial charge < -0.3 is 14.8 Å². The predicted octanol–water partition coefficient (Wildman–Crippen LogP) is 4.61. The first-order chi connectivity index (χ1) is 13.0. The third kappa shape index (κ3) is 4.20. The summed E-state index contributed by atoms with van der Waals surface area (Å²) in [6.07, 6.45) is 0. The van der Waals surface area contributed by atoms with Crippen molar-refractivity contribution < 1.29 is 19.1 Å². The number of amides is 1. The first-order valence-corrected chi connectivity index (χ1v) is 8.66. The van der Waals surface area contributed by atoms with Gasteiger partial charge in [-0.15, -0.1) is 0 Å². The largest absolute Gasteiger partial charge is 0.483 e. The lowest BCUT2D eigenvalue weighted by Crippen LogP contribution is -2.21. The molecule has 3 aromatic rings. The number of benzene rings is 3. The lowest BCUT2D eigenvalue weighted by atomic mass is 10.1. The average Bonchev–Trinajstić information content (AvgIpc) is 2.69. The van der Waals surface area contributed by atoms with Crippen LogP contribution in [-0.4, -0.2) is 25.6 Å². The Kier molecular flexibility index (Phi) is 5.62. The summed E-state index contributed by atoms with van der Waals surface area (Å²) in [5.74, 6) is -0.223. The molecule has 0 atom stereocenters. The van der Waals surface area contributed by atoms with Crippen LogP contribution in [0.1, 0.15) is 15.9 Å². The van der Waals surface area contributed by atoms with Gasteiger partial charge in [-0.1, -0.05) is 41.9 Å². The maximum atomic E-state index is 12.3. The predicted molar refractivity (Wildman–Crippen MR) is 106 cm³/mol. The van der Waals surface area contributed by atoms with Crippen LogP contribution in [0.15, 0.2) is 54.6 Å². The van der Waals surface area contributed by atoms with E-state index in [1.807, 2.05) is 31.2 Å². The van der Waals surface area contributed by atoms with E-state index in [0.29, 0.717) is 22.0 Å². The van der Waals surface area contributed by atoms with Crippen molar-refractivity contribution in [2.24, 2.45) is 0 Å². The molecule has 1 N–H and O–H groups in total. The Balaban J connectivity index is 1.73. The van der Waals surface area contributed by atoms with Crippen LogP contribution in [0.3, 0.4) is 0 Å². The maximum absolute atomic E-state index is 12.3. The number of carbonyl (C=O) groups excluding carboxylic acids is 2. The van der Waals surface area contributed by atoms with Gasteiger partial charge in [0.1, 0.15) is 5.75 Å². The topological polar surface area (TPSA) is 64.6 Å². The van der Waals surface area contributed by atoms with Crippen LogP contribution >= 0.6 is 11.6 Å². The van der Waals surface area contributed by atoms with E-state index < -0.39 is 5.97 Å². The molecule has 0 saturated heterocycles. The van der Waals surface area contributed by atoms with E-state index in [-0.39, 0.29) is 12.5 Å². The molecular weight excluding hydrogens is 366 g/mol. The summed E-state index contributed by atoms with van der Waals surface area (Å²) in [6, 6.07) is 16.0. The van der Waals surface area contributed by atoms with Crippen molar-refractivity contribution in [1.82, 2.24) is 0 Å². The van der Waals surface area contributed by atoms with Crippen molar-refractivity contribution in [1.29, 1.82) is 0 Å². The molecule has 0 bridgehead atoms. The zero-order valence-electron chi connectivity index (χ0n) is 14.9. The molecule has 0 radical (unpaired) electrons. The van der Waals surface area contributed by atoms with Gasteiger partial charge in [-0.2, -0.15) is 0 Å². The second-order valence-corrected chi connectivity index (χ2v) is 6.36. The van der Waals surface area contributed by atoms with Gasteiger partial charge >= 0.3 is 5.97 Å². The lowest BCUT2D eigenvalue weighted by molar-refractivity contribution is -0.118. The average molecular weight is 384 g/mol. The first kappa shape index (κ1) is 18.7. The quantitative estimate of drug-likeness (QED) is 0.653. The summed E-state index contributed by atoms with van der Waals surface area (Å²) in [6.45, 7) is 1.66. The van der Waals surface area contributed by atoms with Gasteiger partial charge in [-0.05, 0) is 36.8 Å². The van der Waals surface area contributed by atoms with Gasteiger partial charge in [0.2, 0.25) is 0 Å². The molecule has 0 aliphatic carbocycles. The summed E-state index contributed by atoms with van der Waals surface area (Å²) >= 11 is 6.20. The fourth-order valence-corrected chi connectivity index (χ4v) is 2.92. The van der Waals surface area contributed by atoms with Crippen molar-refractivity contribution in [2.75, 3.05) is 19.0 Å². The summed E-state index contributed by atoms with van der Waals surface area (Å²) in [7, 11) is 1.31. The molecule has 0 aromatic heterocycles. The van der Waals surface area contributed by atoms with Crippen LogP contribution in [0.4, 0.5) is 5.69 Å². The highest BCUT2D eigenvalue weighted by Gasteiger charge is 2.12. The summed E-state index contributed by atoms with van der Waals surface area (Å²) in [5.41, 5.74) is 1.73. The number of methoxy groups -OCH3 is 1. The van der Waals surface area contributed by atoms with Gasteiger partial charge in [0.05, 0.1) is 12.7 Å². The molecular formula is C21H18ClNO4. The van der Waals surface area contributed by atoms with E-state index in [0.717, 1.165) is 16.3 Å². The van der Waals surface area contributed by atoms with Crippen molar-refractivity contribution in [3.8, 4) is 5.75 Å². The summed E-state index contributed by atoms with van der Waals surface area (Å²) < 4.78 is 10.4. The molecule has 0 spiro atoms. The van der Waals surface area contributed by atoms with Crippen LogP contribution in [0, 0.1) is 6.92 Å². The van der Waals surface area contributed by atoms with Crippen LogP contribution in [-0.2, 0) is 9.53 Å². The number of halogens is 1. The number of hydrogen-bond acceptors (Lipinski definition) is 4. The monoisotopic (exact) mass is 383 g/mol.